The number of halogens is 3. The van der Waals surface area contributed by atoms with Gasteiger partial charge in [0.05, 0.1) is 36.8 Å². The van der Waals surface area contributed by atoms with E-state index in [-0.39, 0.29) is 11.9 Å². The number of hydrogen-bond donors (Lipinski definition) is 0. The quantitative estimate of drug-likeness (QED) is 0.176. The van der Waals surface area contributed by atoms with E-state index in [1.807, 2.05) is 44.4 Å². The number of aryl methyl sites for hydroxylation is 2. The predicted octanol–water partition coefficient (Wildman–Crippen LogP) is 6.95. The summed E-state index contributed by atoms with van der Waals surface area (Å²) >= 11 is 0. The van der Waals surface area contributed by atoms with E-state index in [4.69, 9.17) is 19.2 Å². The molecule has 1 aliphatic rings. The van der Waals surface area contributed by atoms with Crippen molar-refractivity contribution in [3.8, 4) is 40.0 Å². The first-order valence-electron chi connectivity index (χ1n) is 14.8. The number of methoxy groups -OCH3 is 1. The van der Waals surface area contributed by atoms with Crippen LogP contribution in [0.25, 0.3) is 45.3 Å². The third kappa shape index (κ3) is 5.16. The molecule has 0 bridgehead atoms. The van der Waals surface area contributed by atoms with Gasteiger partial charge in [0.15, 0.2) is 17.2 Å². The predicted molar refractivity (Wildman–Crippen MR) is 162 cm³/mol. The highest BCUT2D eigenvalue weighted by molar-refractivity contribution is 5.80. The number of hydrogen-bond acceptors (Lipinski definition) is 9. The number of imidazole rings is 2. The first kappa shape index (κ1) is 29.6. The van der Waals surface area contributed by atoms with E-state index in [9.17, 15) is 13.2 Å². The van der Waals surface area contributed by atoms with Crippen LogP contribution in [-0.2, 0) is 12.7 Å². The van der Waals surface area contributed by atoms with Crippen LogP contribution in [0.15, 0.2) is 47.5 Å². The van der Waals surface area contributed by atoms with E-state index in [1.54, 1.807) is 25.4 Å². The normalized spacial score (nSPS) is 13.7. The van der Waals surface area contributed by atoms with Crippen LogP contribution < -0.4 is 4.74 Å². The molecule has 1 aromatic carbocycles. The minimum Gasteiger partial charge on any atom is -0.480 e. The number of fused-ring (bicyclic) bond motifs is 1. The van der Waals surface area contributed by atoms with E-state index in [2.05, 4.69) is 25.1 Å². The second kappa shape index (κ2) is 11.0. The fourth-order valence-corrected chi connectivity index (χ4v) is 5.67. The zero-order valence-corrected chi connectivity index (χ0v) is 25.8. The molecular weight excluding hydrogens is 599 g/mol. The molecule has 11 nitrogen and oxygen atoms in total. The van der Waals surface area contributed by atoms with Gasteiger partial charge < -0.3 is 18.4 Å². The van der Waals surface area contributed by atoms with E-state index in [0.717, 1.165) is 35.9 Å². The second-order valence-corrected chi connectivity index (χ2v) is 11.7. The molecule has 1 aliphatic carbocycles. The number of alkyl halides is 3. The van der Waals surface area contributed by atoms with Crippen molar-refractivity contribution in [1.29, 1.82) is 0 Å². The Bertz CT molecular complexity index is 2050. The summed E-state index contributed by atoms with van der Waals surface area (Å²) in [6, 6.07) is 7.08. The molecule has 0 radical (unpaired) electrons. The van der Waals surface area contributed by atoms with Gasteiger partial charge in [0.1, 0.15) is 34.8 Å². The summed E-state index contributed by atoms with van der Waals surface area (Å²) in [7, 11) is 1.56. The summed E-state index contributed by atoms with van der Waals surface area (Å²) in [6.07, 6.45) is 1.73. The smallest absolute Gasteiger partial charge is 0.434 e. The van der Waals surface area contributed by atoms with Crippen LogP contribution in [0.4, 0.5) is 13.2 Å². The molecule has 0 saturated heterocycles. The summed E-state index contributed by atoms with van der Waals surface area (Å²) < 4.78 is 55.1. The van der Waals surface area contributed by atoms with Crippen LogP contribution >= 0.6 is 0 Å². The van der Waals surface area contributed by atoms with E-state index < -0.39 is 11.9 Å². The Morgan fingerprint density at radius 3 is 2.37 bits per heavy atom. The Balaban J connectivity index is 1.34. The van der Waals surface area contributed by atoms with Crippen LogP contribution in [0, 0.1) is 13.8 Å². The Morgan fingerprint density at radius 2 is 1.74 bits per heavy atom. The zero-order chi connectivity index (χ0) is 32.3. The lowest BCUT2D eigenvalue weighted by molar-refractivity contribution is -0.140. The molecule has 236 valence electrons. The molecule has 1 fully saturated rings. The van der Waals surface area contributed by atoms with Crippen molar-refractivity contribution in [2.75, 3.05) is 7.11 Å². The molecule has 0 amide bonds. The summed E-state index contributed by atoms with van der Waals surface area (Å²) in [5.74, 6) is 2.58. The van der Waals surface area contributed by atoms with Crippen molar-refractivity contribution in [1.82, 2.24) is 44.2 Å². The first-order chi connectivity index (χ1) is 22.0. The van der Waals surface area contributed by atoms with Gasteiger partial charge in [0.25, 0.3) is 0 Å². The average Bonchev–Trinajstić information content (AvgIpc) is 3.55. The van der Waals surface area contributed by atoms with Crippen molar-refractivity contribution in [2.45, 2.75) is 65.2 Å². The van der Waals surface area contributed by atoms with Gasteiger partial charge in [-0.1, -0.05) is 29.4 Å². The monoisotopic (exact) mass is 629 g/mol. The molecule has 1 saturated carbocycles. The van der Waals surface area contributed by atoms with Gasteiger partial charge in [0, 0.05) is 23.7 Å². The summed E-state index contributed by atoms with van der Waals surface area (Å²) in [5.41, 5.74) is 4.59. The number of aromatic nitrogens is 9. The third-order valence-electron chi connectivity index (χ3n) is 8.10. The van der Waals surface area contributed by atoms with E-state index in [1.165, 1.54) is 10.9 Å². The maximum atomic E-state index is 13.5. The van der Waals surface area contributed by atoms with Crippen LogP contribution in [0.2, 0.25) is 0 Å². The lowest BCUT2D eigenvalue weighted by Gasteiger charge is -2.13. The first-order valence-corrected chi connectivity index (χ1v) is 14.8. The van der Waals surface area contributed by atoms with Gasteiger partial charge in [-0.25, -0.2) is 29.9 Å². The molecule has 5 aromatic heterocycles. The molecule has 0 aliphatic heterocycles. The maximum absolute atomic E-state index is 13.5. The molecule has 0 atom stereocenters. The van der Waals surface area contributed by atoms with Gasteiger partial charge in [-0.05, 0) is 46.1 Å². The fourth-order valence-electron chi connectivity index (χ4n) is 5.67. The topological polar surface area (TPSA) is 122 Å². The number of nitrogens with zero attached hydrogens (tertiary/aromatic N) is 9. The highest BCUT2D eigenvalue weighted by Gasteiger charge is 2.35. The summed E-state index contributed by atoms with van der Waals surface area (Å²) in [4.78, 5) is 27.3. The molecule has 14 heteroatoms. The Hall–Kier alpha value is -5.14. The minimum atomic E-state index is -4.54. The largest absolute Gasteiger partial charge is 0.480 e. The van der Waals surface area contributed by atoms with Gasteiger partial charge >= 0.3 is 6.18 Å². The van der Waals surface area contributed by atoms with Crippen molar-refractivity contribution in [3.63, 3.8) is 0 Å². The van der Waals surface area contributed by atoms with Crippen LogP contribution in [-0.4, -0.2) is 51.3 Å². The number of benzene rings is 1. The van der Waals surface area contributed by atoms with E-state index in [0.29, 0.717) is 63.7 Å². The Kier molecular flexibility index (Phi) is 7.09. The van der Waals surface area contributed by atoms with Gasteiger partial charge in [0.2, 0.25) is 5.88 Å². The third-order valence-corrected chi connectivity index (χ3v) is 8.10. The van der Waals surface area contributed by atoms with Crippen LogP contribution in [0.3, 0.4) is 0 Å². The highest BCUT2D eigenvalue weighted by Crippen LogP contribution is 2.45. The van der Waals surface area contributed by atoms with Crippen molar-refractivity contribution in [2.24, 2.45) is 0 Å². The molecule has 6 aromatic rings. The number of rotatable bonds is 8. The molecule has 46 heavy (non-hydrogen) atoms. The minimum absolute atomic E-state index is 0.212. The average molecular weight is 630 g/mol. The summed E-state index contributed by atoms with van der Waals surface area (Å²) in [6.45, 7) is 7.66. The van der Waals surface area contributed by atoms with Crippen LogP contribution in [0.5, 0.6) is 5.88 Å². The molecule has 0 spiro atoms. The maximum Gasteiger partial charge on any atom is 0.434 e. The molecule has 7 rings (SSSR count). The molecule has 5 heterocycles. The fraction of sp³-hybridized carbons (Fsp3) is 0.344. The lowest BCUT2D eigenvalue weighted by Crippen LogP contribution is -2.06. The second-order valence-electron chi connectivity index (χ2n) is 11.7. The van der Waals surface area contributed by atoms with Crippen LogP contribution in [0.1, 0.15) is 67.1 Å². The zero-order valence-electron chi connectivity index (χ0n) is 25.8. The van der Waals surface area contributed by atoms with Crippen molar-refractivity contribution in [3.05, 3.63) is 71.4 Å². The summed E-state index contributed by atoms with van der Waals surface area (Å²) in [5, 5.41) is 4.14. The van der Waals surface area contributed by atoms with Crippen molar-refractivity contribution < 1.29 is 22.4 Å². The highest BCUT2D eigenvalue weighted by atomic mass is 19.4. The van der Waals surface area contributed by atoms with Crippen molar-refractivity contribution >= 4 is 11.2 Å². The SMILES string of the molecule is COc1ncnc(C2CC2)c1-c1ncc2nc(-c3c(C)noc3C)n(Cc3ccc(-c4nc(C(F)(F)F)cn4C(C)C)cc3)c2n1. The van der Waals surface area contributed by atoms with Gasteiger partial charge in [-0.2, -0.15) is 13.2 Å². The molecular formula is C32H30F3N9O2. The standard InChI is InChI=1S/C32H30F3N9O2/c1-16(2)43-14-23(32(33,34)35)40-28(43)21-8-6-19(7-9-21)13-44-29-22(39-30(44)24-17(3)42-46-18(24)4)12-36-27(41-29)25-26(20-10-11-20)37-15-38-31(25)45-5/h6-9,12,14-16,20H,10-11,13H2,1-5H3. The molecule has 0 N–H and O–H groups in total. The Labute approximate surface area is 261 Å². The van der Waals surface area contributed by atoms with Gasteiger partial charge in [-0.3, -0.25) is 0 Å². The number of ether oxygens (including phenoxy) is 1. The van der Waals surface area contributed by atoms with E-state index >= 15 is 0 Å². The molecule has 0 unspecified atom stereocenters. The Morgan fingerprint density at radius 1 is 0.978 bits per heavy atom. The van der Waals surface area contributed by atoms with Gasteiger partial charge in [-0.15, -0.1) is 0 Å². The lowest BCUT2D eigenvalue weighted by atomic mass is 10.1.